The normalized spacial score (nSPS) is 17.1. The number of nitrogens with zero attached hydrogens (tertiary/aromatic N) is 3. The van der Waals surface area contributed by atoms with Crippen molar-refractivity contribution in [3.8, 4) is 0 Å². The Morgan fingerprint density at radius 1 is 1.39 bits per heavy atom. The maximum absolute atomic E-state index is 8.86. The molecule has 3 heterocycles. The second-order valence-electron chi connectivity index (χ2n) is 7.33. The van der Waals surface area contributed by atoms with E-state index in [1.807, 2.05) is 31.2 Å². The number of nitrogens with one attached hydrogen (secondary N) is 5. The second kappa shape index (κ2) is 10.6. The molecule has 0 spiro atoms. The summed E-state index contributed by atoms with van der Waals surface area (Å²) in [4.78, 5) is 11.4. The molecule has 9 nitrogen and oxygen atoms in total. The van der Waals surface area contributed by atoms with Gasteiger partial charge in [0.25, 0.3) is 0 Å². The van der Waals surface area contributed by atoms with Gasteiger partial charge in [-0.15, -0.1) is 0 Å². The van der Waals surface area contributed by atoms with Crippen molar-refractivity contribution in [2.45, 2.75) is 13.0 Å². The summed E-state index contributed by atoms with van der Waals surface area (Å²) in [5, 5.41) is 26.1. The molecule has 0 aliphatic carbocycles. The van der Waals surface area contributed by atoms with Crippen molar-refractivity contribution in [3.05, 3.63) is 53.6 Å². The Bertz CT molecular complexity index is 954. The van der Waals surface area contributed by atoms with Gasteiger partial charge < -0.3 is 32.0 Å². The Labute approximate surface area is 183 Å². The van der Waals surface area contributed by atoms with Crippen LogP contribution in [0.4, 0.5) is 11.5 Å². The van der Waals surface area contributed by atoms with Crippen LogP contribution in [-0.4, -0.2) is 67.7 Å². The van der Waals surface area contributed by atoms with Crippen molar-refractivity contribution in [2.24, 2.45) is 5.73 Å². The SMILES string of the molecule is CCN/C=C(\C=N)c1cc(C(=N)c2cccc(N3CCNCC(N)C3)n2)c(NC)cn1. The van der Waals surface area contributed by atoms with Crippen LogP contribution < -0.4 is 26.6 Å². The Balaban J connectivity index is 1.95. The van der Waals surface area contributed by atoms with Crippen molar-refractivity contribution < 1.29 is 0 Å². The summed E-state index contributed by atoms with van der Waals surface area (Å²) in [7, 11) is 1.80. The molecule has 2 aromatic heterocycles. The molecule has 1 aliphatic heterocycles. The summed E-state index contributed by atoms with van der Waals surface area (Å²) in [5.41, 5.74) is 9.70. The van der Waals surface area contributed by atoms with E-state index in [2.05, 4.69) is 25.8 Å². The number of pyridine rings is 2. The van der Waals surface area contributed by atoms with E-state index in [9.17, 15) is 0 Å². The van der Waals surface area contributed by atoms with Crippen molar-refractivity contribution in [1.29, 1.82) is 10.8 Å². The van der Waals surface area contributed by atoms with Crippen molar-refractivity contribution in [3.63, 3.8) is 0 Å². The maximum atomic E-state index is 8.86. The fourth-order valence-electron chi connectivity index (χ4n) is 3.45. The molecule has 164 valence electrons. The van der Waals surface area contributed by atoms with E-state index < -0.39 is 0 Å². The molecule has 1 unspecified atom stereocenters. The Morgan fingerprint density at radius 3 is 2.97 bits per heavy atom. The minimum Gasteiger partial charge on any atom is -0.391 e. The van der Waals surface area contributed by atoms with Crippen molar-refractivity contribution in [2.75, 3.05) is 50.0 Å². The molecule has 1 atom stereocenters. The molecule has 1 fully saturated rings. The first-order valence-corrected chi connectivity index (χ1v) is 10.5. The lowest BCUT2D eigenvalue weighted by Gasteiger charge is -2.23. The fourth-order valence-corrected chi connectivity index (χ4v) is 3.45. The third kappa shape index (κ3) is 5.44. The van der Waals surface area contributed by atoms with E-state index in [4.69, 9.17) is 21.5 Å². The summed E-state index contributed by atoms with van der Waals surface area (Å²) in [6.45, 7) is 5.91. The molecular weight excluding hydrogens is 390 g/mol. The number of rotatable bonds is 8. The lowest BCUT2D eigenvalue weighted by molar-refractivity contribution is 0.634. The average Bonchev–Trinajstić information content (AvgIpc) is 3.03. The molecule has 1 aliphatic rings. The van der Waals surface area contributed by atoms with Crippen LogP contribution >= 0.6 is 0 Å². The smallest absolute Gasteiger partial charge is 0.129 e. The molecule has 0 saturated carbocycles. The minimum absolute atomic E-state index is 0.0362. The number of aromatic nitrogens is 2. The highest BCUT2D eigenvalue weighted by atomic mass is 15.2. The molecule has 1 saturated heterocycles. The molecule has 9 heteroatoms. The Kier molecular flexibility index (Phi) is 7.69. The zero-order valence-corrected chi connectivity index (χ0v) is 18.1. The lowest BCUT2D eigenvalue weighted by atomic mass is 10.0. The van der Waals surface area contributed by atoms with Gasteiger partial charge in [0.05, 0.1) is 29.0 Å². The highest BCUT2D eigenvalue weighted by molar-refractivity contribution is 6.14. The first kappa shape index (κ1) is 22.4. The van der Waals surface area contributed by atoms with Gasteiger partial charge in [-0.1, -0.05) is 6.07 Å². The van der Waals surface area contributed by atoms with Gasteiger partial charge in [-0.2, -0.15) is 0 Å². The monoisotopic (exact) mass is 421 g/mol. The highest BCUT2D eigenvalue weighted by Crippen LogP contribution is 2.22. The zero-order chi connectivity index (χ0) is 22.2. The first-order chi connectivity index (χ1) is 15.1. The predicted molar refractivity (Wildman–Crippen MR) is 127 cm³/mol. The molecular formula is C22H31N9. The van der Waals surface area contributed by atoms with Gasteiger partial charge in [-0.3, -0.25) is 10.4 Å². The molecule has 2 aromatic rings. The van der Waals surface area contributed by atoms with E-state index in [-0.39, 0.29) is 6.04 Å². The summed E-state index contributed by atoms with van der Waals surface area (Å²) < 4.78 is 0. The number of hydrogen-bond donors (Lipinski definition) is 6. The van der Waals surface area contributed by atoms with Crippen molar-refractivity contribution >= 4 is 29.0 Å². The molecule has 0 radical (unpaired) electrons. The van der Waals surface area contributed by atoms with Crippen LogP contribution in [0, 0.1) is 10.8 Å². The highest BCUT2D eigenvalue weighted by Gasteiger charge is 2.18. The zero-order valence-electron chi connectivity index (χ0n) is 18.1. The summed E-state index contributed by atoms with van der Waals surface area (Å²) in [5.74, 6) is 0.814. The van der Waals surface area contributed by atoms with Gasteiger partial charge in [-0.25, -0.2) is 4.98 Å². The largest absolute Gasteiger partial charge is 0.391 e. The standard InChI is InChI=1S/C22H31N9/c1-3-27-11-15(10-23)19-9-17(20(26-2)13-29-19)22(25)18-5-4-6-21(30-18)31-8-7-28-12-16(24)14-31/h4-6,9-11,13,16,23,25-28H,3,7-8,12,14,24H2,1-2H3/b15-11+,23-10?,25-22?. The molecule has 0 amide bonds. The summed E-state index contributed by atoms with van der Waals surface area (Å²) in [6, 6.07) is 7.58. The van der Waals surface area contributed by atoms with Crippen molar-refractivity contribution in [1.82, 2.24) is 20.6 Å². The van der Waals surface area contributed by atoms with Crippen LogP contribution in [0.3, 0.4) is 0 Å². The molecule has 0 aromatic carbocycles. The number of anilines is 2. The van der Waals surface area contributed by atoms with E-state index in [1.54, 1.807) is 19.4 Å². The Hall–Kier alpha value is -3.30. The van der Waals surface area contributed by atoms with Crippen LogP contribution in [0.5, 0.6) is 0 Å². The van der Waals surface area contributed by atoms with Gasteiger partial charge in [0.2, 0.25) is 0 Å². The lowest BCUT2D eigenvalue weighted by Crippen LogP contribution is -2.39. The van der Waals surface area contributed by atoms with Gasteiger partial charge >= 0.3 is 0 Å². The summed E-state index contributed by atoms with van der Waals surface area (Å²) in [6.07, 6.45) is 4.70. The first-order valence-electron chi connectivity index (χ1n) is 10.5. The fraction of sp³-hybridized carbons (Fsp3) is 0.364. The Morgan fingerprint density at radius 2 is 2.23 bits per heavy atom. The molecule has 7 N–H and O–H groups in total. The molecule has 0 bridgehead atoms. The van der Waals surface area contributed by atoms with Crippen LogP contribution in [-0.2, 0) is 0 Å². The number of hydrogen-bond acceptors (Lipinski definition) is 9. The van der Waals surface area contributed by atoms with Crippen LogP contribution in [0.15, 0.2) is 36.7 Å². The van der Waals surface area contributed by atoms with Crippen LogP contribution in [0.25, 0.3) is 5.57 Å². The van der Waals surface area contributed by atoms with E-state index >= 15 is 0 Å². The number of nitrogens with two attached hydrogens (primary N) is 1. The van der Waals surface area contributed by atoms with Gasteiger partial charge in [0.1, 0.15) is 5.82 Å². The summed E-state index contributed by atoms with van der Waals surface area (Å²) >= 11 is 0. The number of allylic oxidation sites excluding steroid dienone is 1. The van der Waals surface area contributed by atoms with Crippen LogP contribution in [0.2, 0.25) is 0 Å². The van der Waals surface area contributed by atoms with Gasteiger partial charge in [0, 0.05) is 69.4 Å². The third-order valence-corrected chi connectivity index (χ3v) is 5.09. The van der Waals surface area contributed by atoms with Gasteiger partial charge in [-0.05, 0) is 25.1 Å². The van der Waals surface area contributed by atoms with Gasteiger partial charge in [0.15, 0.2) is 0 Å². The third-order valence-electron chi connectivity index (χ3n) is 5.09. The maximum Gasteiger partial charge on any atom is 0.129 e. The van der Waals surface area contributed by atoms with E-state index in [0.29, 0.717) is 28.2 Å². The topological polar surface area (TPSA) is 139 Å². The van der Waals surface area contributed by atoms with E-state index in [0.717, 1.165) is 44.2 Å². The average molecular weight is 422 g/mol. The quantitative estimate of drug-likeness (QED) is 0.353. The minimum atomic E-state index is 0.0362. The van der Waals surface area contributed by atoms with Crippen LogP contribution in [0.1, 0.15) is 23.9 Å². The predicted octanol–water partition coefficient (Wildman–Crippen LogP) is 1.27. The molecule has 3 rings (SSSR count). The van der Waals surface area contributed by atoms with E-state index in [1.165, 1.54) is 6.21 Å². The molecule has 31 heavy (non-hydrogen) atoms. The second-order valence-corrected chi connectivity index (χ2v) is 7.33.